The summed E-state index contributed by atoms with van der Waals surface area (Å²) in [7, 11) is 0. The second-order valence-electron chi connectivity index (χ2n) is 4.53. The number of hydrogen-bond acceptors (Lipinski definition) is 5. The summed E-state index contributed by atoms with van der Waals surface area (Å²) >= 11 is 7.70. The monoisotopic (exact) mass is 289 g/mol. The molecule has 1 heterocycles. The van der Waals surface area contributed by atoms with Crippen molar-refractivity contribution in [1.82, 2.24) is 9.97 Å². The van der Waals surface area contributed by atoms with E-state index in [1.54, 1.807) is 25.6 Å². The highest BCUT2D eigenvalue weighted by atomic mass is 35.5. The Kier molecular flexibility index (Phi) is 5.69. The SMILES string of the molecule is CCc1c(Cl)nc(C)nc1NC[C@@](C)(O)CSC. The maximum atomic E-state index is 10.1. The fraction of sp³-hybridized carbons (Fsp3) is 0.667. The number of hydrogen-bond donors (Lipinski definition) is 2. The van der Waals surface area contributed by atoms with Crippen molar-refractivity contribution in [3.8, 4) is 0 Å². The Balaban J connectivity index is 2.84. The van der Waals surface area contributed by atoms with Gasteiger partial charge in [-0.3, -0.25) is 0 Å². The first kappa shape index (κ1) is 15.5. The fourth-order valence-electron chi connectivity index (χ4n) is 1.66. The Hall–Kier alpha value is -0.520. The molecule has 1 atom stereocenters. The van der Waals surface area contributed by atoms with Gasteiger partial charge in [-0.25, -0.2) is 9.97 Å². The summed E-state index contributed by atoms with van der Waals surface area (Å²) in [6.45, 7) is 6.05. The largest absolute Gasteiger partial charge is 0.387 e. The Bertz CT molecular complexity index is 413. The first-order chi connectivity index (χ1) is 8.39. The molecule has 0 saturated heterocycles. The molecule has 0 bridgehead atoms. The molecule has 0 fully saturated rings. The minimum absolute atomic E-state index is 0.438. The van der Waals surface area contributed by atoms with Gasteiger partial charge in [0, 0.05) is 17.9 Å². The molecule has 0 aromatic carbocycles. The number of nitrogens with one attached hydrogen (secondary N) is 1. The van der Waals surface area contributed by atoms with Gasteiger partial charge in [-0.05, 0) is 26.5 Å². The van der Waals surface area contributed by atoms with Crippen molar-refractivity contribution in [3.05, 3.63) is 16.5 Å². The van der Waals surface area contributed by atoms with Crippen molar-refractivity contribution in [2.45, 2.75) is 32.8 Å². The van der Waals surface area contributed by atoms with Crippen LogP contribution >= 0.6 is 23.4 Å². The van der Waals surface area contributed by atoms with E-state index in [9.17, 15) is 5.11 Å². The summed E-state index contributed by atoms with van der Waals surface area (Å²) in [4.78, 5) is 8.48. The smallest absolute Gasteiger partial charge is 0.138 e. The summed E-state index contributed by atoms with van der Waals surface area (Å²) in [6, 6.07) is 0. The highest BCUT2D eigenvalue weighted by molar-refractivity contribution is 7.98. The first-order valence-corrected chi connectivity index (χ1v) is 7.65. The van der Waals surface area contributed by atoms with E-state index >= 15 is 0 Å². The lowest BCUT2D eigenvalue weighted by molar-refractivity contribution is 0.0996. The minimum atomic E-state index is -0.768. The third-order valence-corrected chi connectivity index (χ3v) is 3.74. The van der Waals surface area contributed by atoms with Gasteiger partial charge in [-0.1, -0.05) is 18.5 Å². The van der Waals surface area contributed by atoms with E-state index in [4.69, 9.17) is 11.6 Å². The van der Waals surface area contributed by atoms with E-state index in [0.29, 0.717) is 23.3 Å². The summed E-state index contributed by atoms with van der Waals surface area (Å²) in [5.41, 5.74) is 0.123. The van der Waals surface area contributed by atoms with Crippen LogP contribution in [0.15, 0.2) is 0 Å². The molecule has 0 aliphatic rings. The van der Waals surface area contributed by atoms with E-state index in [-0.39, 0.29) is 0 Å². The number of aromatic nitrogens is 2. The van der Waals surface area contributed by atoms with Crippen molar-refractivity contribution in [3.63, 3.8) is 0 Å². The molecule has 4 nitrogen and oxygen atoms in total. The predicted octanol–water partition coefficient (Wildman–Crippen LogP) is 2.53. The first-order valence-electron chi connectivity index (χ1n) is 5.88. The van der Waals surface area contributed by atoms with Gasteiger partial charge in [0.2, 0.25) is 0 Å². The lowest BCUT2D eigenvalue weighted by Gasteiger charge is -2.23. The van der Waals surface area contributed by atoms with Gasteiger partial charge < -0.3 is 10.4 Å². The molecule has 1 aromatic heterocycles. The molecule has 0 spiro atoms. The zero-order chi connectivity index (χ0) is 13.8. The van der Waals surface area contributed by atoms with Crippen LogP contribution < -0.4 is 5.32 Å². The Morgan fingerprint density at radius 1 is 1.44 bits per heavy atom. The van der Waals surface area contributed by atoms with Gasteiger partial charge in [0.05, 0.1) is 5.60 Å². The number of aryl methyl sites for hydroxylation is 1. The second kappa shape index (κ2) is 6.59. The van der Waals surface area contributed by atoms with E-state index in [2.05, 4.69) is 15.3 Å². The highest BCUT2D eigenvalue weighted by Crippen LogP contribution is 2.22. The van der Waals surface area contributed by atoms with Crippen LogP contribution in [0.25, 0.3) is 0 Å². The molecule has 0 amide bonds. The number of anilines is 1. The predicted molar refractivity (Wildman–Crippen MR) is 78.7 cm³/mol. The number of nitrogens with zero attached hydrogens (tertiary/aromatic N) is 2. The van der Waals surface area contributed by atoms with Crippen molar-refractivity contribution in [1.29, 1.82) is 0 Å². The molecule has 6 heteroatoms. The molecule has 1 rings (SSSR count). The molecule has 18 heavy (non-hydrogen) atoms. The van der Waals surface area contributed by atoms with Crippen molar-refractivity contribution < 1.29 is 5.11 Å². The fourth-order valence-corrected chi connectivity index (χ4v) is 2.73. The topological polar surface area (TPSA) is 58.0 Å². The molecule has 0 aliphatic heterocycles. The molecule has 0 saturated carbocycles. The van der Waals surface area contributed by atoms with Gasteiger partial charge >= 0.3 is 0 Å². The normalized spacial score (nSPS) is 14.3. The van der Waals surface area contributed by atoms with Crippen LogP contribution in [0.3, 0.4) is 0 Å². The van der Waals surface area contributed by atoms with Crippen LogP contribution in [-0.4, -0.2) is 39.2 Å². The van der Waals surface area contributed by atoms with E-state index in [1.165, 1.54) is 0 Å². The van der Waals surface area contributed by atoms with Gasteiger partial charge in [0.1, 0.15) is 16.8 Å². The molecule has 0 radical (unpaired) electrons. The van der Waals surface area contributed by atoms with Gasteiger partial charge in [-0.2, -0.15) is 11.8 Å². The molecule has 102 valence electrons. The summed E-state index contributed by atoms with van der Waals surface area (Å²) in [6.07, 6.45) is 2.73. The third-order valence-electron chi connectivity index (χ3n) is 2.51. The van der Waals surface area contributed by atoms with Crippen molar-refractivity contribution in [2.24, 2.45) is 0 Å². The second-order valence-corrected chi connectivity index (χ2v) is 5.75. The molecule has 1 aromatic rings. The molecular formula is C12H20ClN3OS. The van der Waals surface area contributed by atoms with Gasteiger partial charge in [-0.15, -0.1) is 0 Å². The molecule has 0 aliphatic carbocycles. The van der Waals surface area contributed by atoms with Crippen LogP contribution in [-0.2, 0) is 6.42 Å². The lowest BCUT2D eigenvalue weighted by Crippen LogP contribution is -2.36. The number of thioether (sulfide) groups is 1. The average Bonchev–Trinajstić information content (AvgIpc) is 2.26. The maximum Gasteiger partial charge on any atom is 0.138 e. The third kappa shape index (κ3) is 4.30. The Morgan fingerprint density at radius 2 is 2.11 bits per heavy atom. The number of halogens is 1. The maximum absolute atomic E-state index is 10.1. The van der Waals surface area contributed by atoms with Crippen LogP contribution in [0.1, 0.15) is 25.2 Å². The van der Waals surface area contributed by atoms with E-state index < -0.39 is 5.60 Å². The summed E-state index contributed by atoms with van der Waals surface area (Å²) < 4.78 is 0. The highest BCUT2D eigenvalue weighted by Gasteiger charge is 2.20. The van der Waals surface area contributed by atoms with E-state index in [0.717, 1.165) is 17.8 Å². The van der Waals surface area contributed by atoms with Crippen molar-refractivity contribution in [2.75, 3.05) is 23.9 Å². The average molecular weight is 290 g/mol. The van der Waals surface area contributed by atoms with Crippen molar-refractivity contribution >= 4 is 29.2 Å². The van der Waals surface area contributed by atoms with Crippen LogP contribution in [0.5, 0.6) is 0 Å². The molecule has 0 unspecified atom stereocenters. The standard InChI is InChI=1S/C12H20ClN3OS/c1-5-9-10(13)15-8(2)16-11(9)14-6-12(3,17)7-18-4/h17H,5-7H2,1-4H3,(H,14,15,16)/t12-/m1/s1. The van der Waals surface area contributed by atoms with Crippen LogP contribution in [0.4, 0.5) is 5.82 Å². The van der Waals surface area contributed by atoms with E-state index in [1.807, 2.05) is 13.2 Å². The van der Waals surface area contributed by atoms with Crippen LogP contribution in [0.2, 0.25) is 5.15 Å². The Labute approximate surface area is 118 Å². The summed E-state index contributed by atoms with van der Waals surface area (Å²) in [5, 5.41) is 13.8. The molecule has 2 N–H and O–H groups in total. The zero-order valence-corrected chi connectivity index (χ0v) is 12.8. The minimum Gasteiger partial charge on any atom is -0.387 e. The van der Waals surface area contributed by atoms with Gasteiger partial charge in [0.15, 0.2) is 0 Å². The molecular weight excluding hydrogens is 270 g/mol. The van der Waals surface area contributed by atoms with Crippen LogP contribution in [0, 0.1) is 6.92 Å². The quantitative estimate of drug-likeness (QED) is 0.788. The van der Waals surface area contributed by atoms with Gasteiger partial charge in [0.25, 0.3) is 0 Å². The summed E-state index contributed by atoms with van der Waals surface area (Å²) in [5.74, 6) is 2.01. The number of aliphatic hydroxyl groups is 1. The Morgan fingerprint density at radius 3 is 2.67 bits per heavy atom. The number of rotatable bonds is 6. The lowest BCUT2D eigenvalue weighted by atomic mass is 10.1. The zero-order valence-electron chi connectivity index (χ0n) is 11.2.